The Bertz CT molecular complexity index is 711. The third-order valence-corrected chi connectivity index (χ3v) is 4.73. The number of hydrogen-bond acceptors (Lipinski definition) is 2. The first kappa shape index (κ1) is 19.7. The topological polar surface area (TPSA) is 58.2 Å². The Morgan fingerprint density at radius 1 is 0.962 bits per heavy atom. The van der Waals surface area contributed by atoms with Gasteiger partial charge in [0.1, 0.15) is 0 Å². The Morgan fingerprint density at radius 3 is 2.12 bits per heavy atom. The standard InChI is InChI=1S/C22H28N2O2/c1-4-22(2,3)21(26)24-19(18-13-9-6-10-14-18)15-20(25)23-16-17-11-7-5-8-12-17/h5-14,19H,4,15-16H2,1-3H3,(H,23,25)(H,24,26). The molecule has 4 nitrogen and oxygen atoms in total. The molecule has 2 aromatic carbocycles. The lowest BCUT2D eigenvalue weighted by atomic mass is 9.88. The van der Waals surface area contributed by atoms with Crippen molar-refractivity contribution in [3.05, 3.63) is 71.8 Å². The maximum Gasteiger partial charge on any atom is 0.226 e. The maximum absolute atomic E-state index is 12.6. The highest BCUT2D eigenvalue weighted by Crippen LogP contribution is 2.23. The Balaban J connectivity index is 2.04. The van der Waals surface area contributed by atoms with Crippen LogP contribution >= 0.6 is 0 Å². The summed E-state index contributed by atoms with van der Waals surface area (Å²) in [6.07, 6.45) is 0.947. The Morgan fingerprint density at radius 2 is 1.54 bits per heavy atom. The van der Waals surface area contributed by atoms with Crippen LogP contribution in [0, 0.1) is 5.41 Å². The lowest BCUT2D eigenvalue weighted by molar-refractivity contribution is -0.130. The molecule has 0 saturated heterocycles. The molecule has 0 radical (unpaired) electrons. The van der Waals surface area contributed by atoms with Crippen molar-refractivity contribution in [2.75, 3.05) is 0 Å². The van der Waals surface area contributed by atoms with Crippen LogP contribution in [0.2, 0.25) is 0 Å². The van der Waals surface area contributed by atoms with E-state index in [4.69, 9.17) is 0 Å². The Kier molecular flexibility index (Phi) is 6.96. The van der Waals surface area contributed by atoms with Gasteiger partial charge in [-0.15, -0.1) is 0 Å². The summed E-state index contributed by atoms with van der Waals surface area (Å²) < 4.78 is 0. The van der Waals surface area contributed by atoms with Crippen molar-refractivity contribution in [2.24, 2.45) is 5.41 Å². The van der Waals surface area contributed by atoms with E-state index in [2.05, 4.69) is 10.6 Å². The summed E-state index contributed by atoms with van der Waals surface area (Å²) in [4.78, 5) is 25.0. The summed E-state index contributed by atoms with van der Waals surface area (Å²) in [6.45, 7) is 6.30. The maximum atomic E-state index is 12.6. The number of amides is 2. The number of hydrogen-bond donors (Lipinski definition) is 2. The van der Waals surface area contributed by atoms with Gasteiger partial charge in [0.05, 0.1) is 12.5 Å². The molecule has 2 amide bonds. The molecular formula is C22H28N2O2. The number of nitrogens with one attached hydrogen (secondary N) is 2. The molecule has 0 fully saturated rings. The van der Waals surface area contributed by atoms with E-state index in [-0.39, 0.29) is 24.3 Å². The van der Waals surface area contributed by atoms with Crippen molar-refractivity contribution in [2.45, 2.75) is 46.2 Å². The van der Waals surface area contributed by atoms with Gasteiger partial charge in [0.25, 0.3) is 0 Å². The first-order chi connectivity index (χ1) is 12.4. The van der Waals surface area contributed by atoms with Crippen LogP contribution < -0.4 is 10.6 Å². The smallest absolute Gasteiger partial charge is 0.226 e. The highest BCUT2D eigenvalue weighted by molar-refractivity contribution is 5.83. The summed E-state index contributed by atoms with van der Waals surface area (Å²) >= 11 is 0. The first-order valence-corrected chi connectivity index (χ1v) is 9.09. The second-order valence-electron chi connectivity index (χ2n) is 7.14. The summed E-state index contributed by atoms with van der Waals surface area (Å²) in [5, 5.41) is 5.99. The predicted octanol–water partition coefficient (Wildman–Crippen LogP) is 3.99. The highest BCUT2D eigenvalue weighted by atomic mass is 16.2. The normalized spacial score (nSPS) is 12.3. The lowest BCUT2D eigenvalue weighted by Crippen LogP contribution is -2.40. The van der Waals surface area contributed by atoms with Crippen LogP contribution in [-0.4, -0.2) is 11.8 Å². The minimum atomic E-state index is -0.465. The van der Waals surface area contributed by atoms with E-state index >= 15 is 0 Å². The monoisotopic (exact) mass is 352 g/mol. The number of carbonyl (C=O) groups is 2. The molecule has 2 rings (SSSR count). The van der Waals surface area contributed by atoms with Gasteiger partial charge in [-0.2, -0.15) is 0 Å². The van der Waals surface area contributed by atoms with Gasteiger partial charge in [0.15, 0.2) is 0 Å². The van der Waals surface area contributed by atoms with Crippen LogP contribution in [0.3, 0.4) is 0 Å². The van der Waals surface area contributed by atoms with Crippen LogP contribution in [0.15, 0.2) is 60.7 Å². The Hall–Kier alpha value is -2.62. The van der Waals surface area contributed by atoms with Crippen molar-refractivity contribution >= 4 is 11.8 Å². The van der Waals surface area contributed by atoms with Crippen molar-refractivity contribution in [3.8, 4) is 0 Å². The largest absolute Gasteiger partial charge is 0.352 e. The minimum Gasteiger partial charge on any atom is -0.352 e. The molecule has 0 bridgehead atoms. The molecule has 0 heterocycles. The summed E-state index contributed by atoms with van der Waals surface area (Å²) in [5.74, 6) is -0.123. The molecule has 4 heteroatoms. The van der Waals surface area contributed by atoms with E-state index in [1.54, 1.807) is 0 Å². The predicted molar refractivity (Wildman–Crippen MR) is 104 cm³/mol. The highest BCUT2D eigenvalue weighted by Gasteiger charge is 2.28. The van der Waals surface area contributed by atoms with Gasteiger partial charge in [0, 0.05) is 12.0 Å². The zero-order valence-corrected chi connectivity index (χ0v) is 15.8. The minimum absolute atomic E-state index is 0.0373. The molecule has 1 atom stereocenters. The fourth-order valence-electron chi connectivity index (χ4n) is 2.51. The zero-order valence-electron chi connectivity index (χ0n) is 15.8. The number of rotatable bonds is 8. The molecule has 0 spiro atoms. The van der Waals surface area contributed by atoms with Gasteiger partial charge in [0.2, 0.25) is 11.8 Å². The molecule has 1 unspecified atom stereocenters. The van der Waals surface area contributed by atoms with Gasteiger partial charge in [-0.3, -0.25) is 9.59 Å². The van der Waals surface area contributed by atoms with E-state index < -0.39 is 5.41 Å². The molecule has 2 aromatic rings. The van der Waals surface area contributed by atoms with Crippen LogP contribution in [0.1, 0.15) is 50.8 Å². The van der Waals surface area contributed by atoms with E-state index in [1.165, 1.54) is 0 Å². The third kappa shape index (κ3) is 5.73. The van der Waals surface area contributed by atoms with E-state index in [1.807, 2.05) is 81.4 Å². The van der Waals surface area contributed by atoms with Gasteiger partial charge in [-0.25, -0.2) is 0 Å². The second kappa shape index (κ2) is 9.18. The summed E-state index contributed by atoms with van der Waals surface area (Å²) in [5.41, 5.74) is 1.52. The van der Waals surface area contributed by atoms with E-state index in [0.29, 0.717) is 6.54 Å². The van der Waals surface area contributed by atoms with Gasteiger partial charge in [-0.1, -0.05) is 81.4 Å². The van der Waals surface area contributed by atoms with Gasteiger partial charge in [-0.05, 0) is 17.5 Å². The van der Waals surface area contributed by atoms with E-state index in [9.17, 15) is 9.59 Å². The van der Waals surface area contributed by atoms with E-state index in [0.717, 1.165) is 17.5 Å². The fraction of sp³-hybridized carbons (Fsp3) is 0.364. The van der Waals surface area contributed by atoms with Crippen LogP contribution in [-0.2, 0) is 16.1 Å². The average Bonchev–Trinajstić information content (AvgIpc) is 2.67. The lowest BCUT2D eigenvalue weighted by Gasteiger charge is -2.26. The second-order valence-corrected chi connectivity index (χ2v) is 7.14. The average molecular weight is 352 g/mol. The number of carbonyl (C=O) groups excluding carboxylic acids is 2. The molecule has 0 saturated carbocycles. The van der Waals surface area contributed by atoms with Crippen molar-refractivity contribution < 1.29 is 9.59 Å². The van der Waals surface area contributed by atoms with Gasteiger partial charge < -0.3 is 10.6 Å². The first-order valence-electron chi connectivity index (χ1n) is 9.09. The van der Waals surface area contributed by atoms with Crippen molar-refractivity contribution in [1.82, 2.24) is 10.6 Å². The number of benzene rings is 2. The van der Waals surface area contributed by atoms with Crippen molar-refractivity contribution in [1.29, 1.82) is 0 Å². The molecule has 26 heavy (non-hydrogen) atoms. The van der Waals surface area contributed by atoms with Gasteiger partial charge >= 0.3 is 0 Å². The SMILES string of the molecule is CCC(C)(C)C(=O)NC(CC(=O)NCc1ccccc1)c1ccccc1. The molecule has 0 aliphatic rings. The zero-order chi connectivity index (χ0) is 19.0. The molecule has 138 valence electrons. The Labute approximate surface area is 156 Å². The quantitative estimate of drug-likeness (QED) is 0.755. The van der Waals surface area contributed by atoms with Crippen LogP contribution in [0.5, 0.6) is 0 Å². The third-order valence-electron chi connectivity index (χ3n) is 4.73. The van der Waals surface area contributed by atoms with Crippen LogP contribution in [0.25, 0.3) is 0 Å². The van der Waals surface area contributed by atoms with Crippen molar-refractivity contribution in [3.63, 3.8) is 0 Å². The summed E-state index contributed by atoms with van der Waals surface area (Å²) in [6, 6.07) is 19.1. The molecule has 2 N–H and O–H groups in total. The molecule has 0 aromatic heterocycles. The summed E-state index contributed by atoms with van der Waals surface area (Å²) in [7, 11) is 0. The molecular weight excluding hydrogens is 324 g/mol. The van der Waals surface area contributed by atoms with Crippen LogP contribution in [0.4, 0.5) is 0 Å². The fourth-order valence-corrected chi connectivity index (χ4v) is 2.51. The molecule has 0 aliphatic heterocycles. The molecule has 0 aliphatic carbocycles.